The van der Waals surface area contributed by atoms with Gasteiger partial charge in [0.1, 0.15) is 0 Å². The molecule has 1 radical (unpaired) electrons. The fraction of sp³-hybridized carbons (Fsp3) is 1.00. The highest BCUT2D eigenvalue weighted by Crippen LogP contribution is 2.57. The molecule has 1 heterocycles. The first-order valence-corrected chi connectivity index (χ1v) is 5.80. The summed E-state index contributed by atoms with van der Waals surface area (Å²) in [4.78, 5) is 0. The van der Waals surface area contributed by atoms with E-state index in [2.05, 4.69) is 13.8 Å². The molecule has 1 aliphatic heterocycles. The summed E-state index contributed by atoms with van der Waals surface area (Å²) in [5, 5.41) is 0. The van der Waals surface area contributed by atoms with Gasteiger partial charge in [-0.1, -0.05) is 13.8 Å². The first-order valence-electron chi connectivity index (χ1n) is 5.80. The zero-order valence-electron chi connectivity index (χ0n) is 9.03. The van der Waals surface area contributed by atoms with Gasteiger partial charge in [0.15, 0.2) is 0 Å². The van der Waals surface area contributed by atoms with Crippen molar-refractivity contribution < 1.29 is 9.31 Å². The molecule has 3 saturated carbocycles. The maximum Gasteiger partial charge on any atom is 0.488 e. The SMILES string of the molecule is CC1(C)C2CC[C@H]3O[B]OC3CC1C2. The molecule has 0 amide bonds. The van der Waals surface area contributed by atoms with Gasteiger partial charge in [0.25, 0.3) is 0 Å². The molecule has 0 spiro atoms. The first-order chi connectivity index (χ1) is 6.68. The molecule has 3 aliphatic carbocycles. The van der Waals surface area contributed by atoms with E-state index in [4.69, 9.17) is 9.31 Å². The molecule has 77 valence electrons. The predicted octanol–water partition coefficient (Wildman–Crippen LogP) is 2.15. The van der Waals surface area contributed by atoms with Gasteiger partial charge in [0.2, 0.25) is 0 Å². The average Bonchev–Trinajstić information content (AvgIpc) is 2.50. The lowest BCUT2D eigenvalue weighted by Gasteiger charge is -2.55. The Morgan fingerprint density at radius 1 is 1.00 bits per heavy atom. The van der Waals surface area contributed by atoms with Gasteiger partial charge >= 0.3 is 7.69 Å². The second-order valence-electron chi connectivity index (χ2n) is 5.71. The molecule has 4 atom stereocenters. The molecule has 0 N–H and O–H groups in total. The molecule has 0 aromatic carbocycles. The van der Waals surface area contributed by atoms with Crippen molar-refractivity contribution in [1.82, 2.24) is 0 Å². The minimum Gasteiger partial charge on any atom is -0.408 e. The van der Waals surface area contributed by atoms with Crippen LogP contribution in [0.5, 0.6) is 0 Å². The third kappa shape index (κ3) is 1.18. The van der Waals surface area contributed by atoms with Crippen LogP contribution in [0.15, 0.2) is 0 Å². The molecule has 14 heavy (non-hydrogen) atoms. The smallest absolute Gasteiger partial charge is 0.408 e. The summed E-state index contributed by atoms with van der Waals surface area (Å²) in [7, 11) is 1.56. The standard InChI is InChI=1S/C11H18BO2/c1-11(2)7-3-4-9-10(14-12-13-9)6-8(11)5-7/h7-10H,3-6H2,1-2H3/t7?,8?,9-,10?/m1/s1. The Kier molecular flexibility index (Phi) is 1.97. The average molecular weight is 193 g/mol. The molecule has 2 nitrogen and oxygen atoms in total. The van der Waals surface area contributed by atoms with Gasteiger partial charge in [0.05, 0.1) is 12.2 Å². The molecule has 4 rings (SSSR count). The number of rotatable bonds is 0. The van der Waals surface area contributed by atoms with Gasteiger partial charge in [0, 0.05) is 0 Å². The summed E-state index contributed by atoms with van der Waals surface area (Å²) in [6, 6.07) is 0. The molecule has 4 aliphatic rings. The zero-order chi connectivity index (χ0) is 9.76. The van der Waals surface area contributed by atoms with Crippen molar-refractivity contribution in [2.75, 3.05) is 0 Å². The summed E-state index contributed by atoms with van der Waals surface area (Å²) < 4.78 is 11.0. The van der Waals surface area contributed by atoms with Crippen molar-refractivity contribution in [3.8, 4) is 0 Å². The Labute approximate surface area is 86.7 Å². The van der Waals surface area contributed by atoms with Gasteiger partial charge < -0.3 is 9.31 Å². The number of hydrogen-bond acceptors (Lipinski definition) is 2. The molecule has 2 bridgehead atoms. The third-order valence-corrected chi connectivity index (χ3v) is 4.87. The second-order valence-corrected chi connectivity index (χ2v) is 5.71. The van der Waals surface area contributed by atoms with Gasteiger partial charge in [-0.15, -0.1) is 0 Å². The van der Waals surface area contributed by atoms with Gasteiger partial charge in [-0.25, -0.2) is 0 Å². The quantitative estimate of drug-likeness (QED) is 0.548. The molecular weight excluding hydrogens is 175 g/mol. The lowest BCUT2D eigenvalue weighted by Crippen LogP contribution is -2.49. The fourth-order valence-electron chi connectivity index (χ4n) is 3.47. The van der Waals surface area contributed by atoms with Crippen molar-refractivity contribution in [2.45, 2.75) is 51.7 Å². The largest absolute Gasteiger partial charge is 0.488 e. The Balaban J connectivity index is 1.77. The van der Waals surface area contributed by atoms with Crippen LogP contribution in [0.2, 0.25) is 0 Å². The van der Waals surface area contributed by atoms with Gasteiger partial charge in [-0.3, -0.25) is 0 Å². The van der Waals surface area contributed by atoms with Crippen LogP contribution < -0.4 is 0 Å². The maximum absolute atomic E-state index is 5.53. The number of fused-ring (bicyclic) bond motifs is 1. The summed E-state index contributed by atoms with van der Waals surface area (Å²) in [6.07, 6.45) is 5.82. The van der Waals surface area contributed by atoms with Crippen LogP contribution in [-0.4, -0.2) is 19.9 Å². The van der Waals surface area contributed by atoms with Crippen LogP contribution in [0.25, 0.3) is 0 Å². The van der Waals surface area contributed by atoms with Crippen LogP contribution in [0.4, 0.5) is 0 Å². The minimum atomic E-state index is 0.348. The lowest BCUT2D eigenvalue weighted by molar-refractivity contribution is -0.0741. The van der Waals surface area contributed by atoms with E-state index in [1.165, 1.54) is 25.7 Å². The highest BCUT2D eigenvalue weighted by atomic mass is 16.6. The van der Waals surface area contributed by atoms with Crippen LogP contribution in [0.3, 0.4) is 0 Å². The summed E-state index contributed by atoms with van der Waals surface area (Å²) in [6.45, 7) is 4.84. The van der Waals surface area contributed by atoms with Gasteiger partial charge in [-0.2, -0.15) is 0 Å². The summed E-state index contributed by atoms with van der Waals surface area (Å²) >= 11 is 0. The topological polar surface area (TPSA) is 18.5 Å². The summed E-state index contributed by atoms with van der Waals surface area (Å²) in [5.74, 6) is 1.79. The Hall–Kier alpha value is -0.0151. The highest BCUT2D eigenvalue weighted by molar-refractivity contribution is 6.19. The normalized spacial score (nSPS) is 49.6. The molecular formula is C11H18BO2. The van der Waals surface area contributed by atoms with E-state index in [0.29, 0.717) is 17.6 Å². The fourth-order valence-corrected chi connectivity index (χ4v) is 3.47. The highest BCUT2D eigenvalue weighted by Gasteiger charge is 2.51. The Morgan fingerprint density at radius 2 is 1.79 bits per heavy atom. The Morgan fingerprint density at radius 3 is 2.57 bits per heavy atom. The van der Waals surface area contributed by atoms with E-state index in [9.17, 15) is 0 Å². The molecule has 3 unspecified atom stereocenters. The molecule has 3 heteroatoms. The minimum absolute atomic E-state index is 0.348. The Bertz CT molecular complexity index is 239. The van der Waals surface area contributed by atoms with E-state index in [-0.39, 0.29) is 0 Å². The monoisotopic (exact) mass is 193 g/mol. The second kappa shape index (κ2) is 2.99. The van der Waals surface area contributed by atoms with E-state index in [1.54, 1.807) is 7.69 Å². The summed E-state index contributed by atoms with van der Waals surface area (Å²) in [5.41, 5.74) is 0.552. The van der Waals surface area contributed by atoms with Crippen molar-refractivity contribution in [2.24, 2.45) is 17.3 Å². The van der Waals surface area contributed by atoms with E-state index in [0.717, 1.165) is 11.8 Å². The van der Waals surface area contributed by atoms with Crippen LogP contribution in [-0.2, 0) is 9.31 Å². The van der Waals surface area contributed by atoms with E-state index >= 15 is 0 Å². The maximum atomic E-state index is 5.53. The van der Waals surface area contributed by atoms with Crippen molar-refractivity contribution in [1.29, 1.82) is 0 Å². The van der Waals surface area contributed by atoms with Crippen LogP contribution in [0.1, 0.15) is 39.5 Å². The van der Waals surface area contributed by atoms with Crippen molar-refractivity contribution in [3.63, 3.8) is 0 Å². The molecule has 4 fully saturated rings. The van der Waals surface area contributed by atoms with E-state index < -0.39 is 0 Å². The van der Waals surface area contributed by atoms with E-state index in [1.807, 2.05) is 0 Å². The molecule has 1 saturated heterocycles. The lowest BCUT2D eigenvalue weighted by atomic mass is 9.51. The third-order valence-electron chi connectivity index (χ3n) is 4.87. The van der Waals surface area contributed by atoms with Crippen molar-refractivity contribution >= 4 is 7.69 Å². The number of hydrogen-bond donors (Lipinski definition) is 0. The van der Waals surface area contributed by atoms with Gasteiger partial charge in [-0.05, 0) is 42.9 Å². The molecule has 0 aromatic heterocycles. The predicted molar refractivity (Wildman–Crippen MR) is 54.7 cm³/mol. The van der Waals surface area contributed by atoms with Crippen molar-refractivity contribution in [3.05, 3.63) is 0 Å². The van der Waals surface area contributed by atoms with Crippen LogP contribution in [0, 0.1) is 17.3 Å². The van der Waals surface area contributed by atoms with Crippen LogP contribution >= 0.6 is 0 Å². The zero-order valence-corrected chi connectivity index (χ0v) is 9.03. The first kappa shape index (κ1) is 9.23. The molecule has 0 aromatic rings.